The SMILES string of the molecule is Cc1sc2cc(-c3ccccc3)c(-c3ccccc3)cc2[n+]1CCCS(=O)(=O)O. The van der Waals surface area contributed by atoms with Gasteiger partial charge >= 0.3 is 0 Å². The van der Waals surface area contributed by atoms with Gasteiger partial charge < -0.3 is 0 Å². The van der Waals surface area contributed by atoms with E-state index in [1.165, 1.54) is 5.56 Å². The summed E-state index contributed by atoms with van der Waals surface area (Å²) >= 11 is 1.70. The molecule has 0 saturated carbocycles. The molecule has 0 spiro atoms. The Morgan fingerprint density at radius 1 is 0.897 bits per heavy atom. The standard InChI is InChI=1S/C23H21NO3S2/c1-17-24(13-8-14-29(25,26)27)22-15-20(18-9-4-2-5-10-18)21(16-23(22)28-17)19-11-6-3-7-12-19/h2-7,9-12,15-16H,8,13-14H2,1H3/p+1. The Morgan fingerprint density at radius 2 is 1.45 bits per heavy atom. The zero-order valence-electron chi connectivity index (χ0n) is 16.1. The maximum atomic E-state index is 11.1. The Morgan fingerprint density at radius 3 is 2.00 bits per heavy atom. The van der Waals surface area contributed by atoms with Crippen molar-refractivity contribution in [2.45, 2.75) is 19.9 Å². The number of fused-ring (bicyclic) bond motifs is 1. The third-order valence-corrected chi connectivity index (χ3v) is 6.85. The molecule has 0 aliphatic heterocycles. The molecule has 148 valence electrons. The molecule has 29 heavy (non-hydrogen) atoms. The van der Waals surface area contributed by atoms with Gasteiger partial charge in [-0.3, -0.25) is 4.55 Å². The summed E-state index contributed by atoms with van der Waals surface area (Å²) in [4.78, 5) is 0. The molecular formula is C23H22NO3S2+. The minimum atomic E-state index is -3.95. The Kier molecular flexibility index (Phi) is 5.50. The zero-order valence-corrected chi connectivity index (χ0v) is 17.7. The first-order chi connectivity index (χ1) is 13.9. The van der Waals surface area contributed by atoms with E-state index >= 15 is 0 Å². The van der Waals surface area contributed by atoms with Crippen molar-refractivity contribution in [3.8, 4) is 22.3 Å². The molecule has 4 aromatic rings. The summed E-state index contributed by atoms with van der Waals surface area (Å²) in [6.45, 7) is 2.59. The molecular weight excluding hydrogens is 402 g/mol. The van der Waals surface area contributed by atoms with Crippen LogP contribution in [0.25, 0.3) is 32.5 Å². The van der Waals surface area contributed by atoms with E-state index in [1.54, 1.807) is 11.3 Å². The molecule has 3 aromatic carbocycles. The highest BCUT2D eigenvalue weighted by molar-refractivity contribution is 7.85. The second-order valence-electron chi connectivity index (χ2n) is 7.01. The van der Waals surface area contributed by atoms with Gasteiger partial charge in [0.2, 0.25) is 10.5 Å². The smallest absolute Gasteiger partial charge is 0.265 e. The molecule has 0 atom stereocenters. The third-order valence-electron chi connectivity index (χ3n) is 4.98. The van der Waals surface area contributed by atoms with Gasteiger partial charge in [0.25, 0.3) is 10.1 Å². The molecule has 4 rings (SSSR count). The number of hydrogen-bond acceptors (Lipinski definition) is 3. The molecule has 1 N–H and O–H groups in total. The van der Waals surface area contributed by atoms with Gasteiger partial charge in [0, 0.05) is 19.4 Å². The fourth-order valence-electron chi connectivity index (χ4n) is 3.64. The van der Waals surface area contributed by atoms with Crippen molar-refractivity contribution in [1.82, 2.24) is 0 Å². The Labute approximate surface area is 174 Å². The highest BCUT2D eigenvalue weighted by Gasteiger charge is 2.21. The molecule has 4 nitrogen and oxygen atoms in total. The van der Waals surface area contributed by atoms with Crippen LogP contribution < -0.4 is 4.57 Å². The molecule has 0 fully saturated rings. The van der Waals surface area contributed by atoms with Gasteiger partial charge in [0.1, 0.15) is 4.70 Å². The molecule has 0 amide bonds. The lowest BCUT2D eigenvalue weighted by molar-refractivity contribution is -0.672. The first-order valence-corrected chi connectivity index (χ1v) is 11.9. The molecule has 6 heteroatoms. The number of benzene rings is 3. The van der Waals surface area contributed by atoms with Crippen molar-refractivity contribution in [1.29, 1.82) is 0 Å². The molecule has 0 bridgehead atoms. The molecule has 1 heterocycles. The average molecular weight is 425 g/mol. The van der Waals surface area contributed by atoms with Crippen molar-refractivity contribution in [3.63, 3.8) is 0 Å². The monoisotopic (exact) mass is 424 g/mol. The average Bonchev–Trinajstić information content (AvgIpc) is 3.02. The largest absolute Gasteiger partial charge is 0.286 e. The normalized spacial score (nSPS) is 11.8. The second-order valence-corrected chi connectivity index (χ2v) is 9.82. The first-order valence-electron chi connectivity index (χ1n) is 9.45. The number of aryl methyl sites for hydroxylation is 2. The van der Waals surface area contributed by atoms with Gasteiger partial charge in [0.05, 0.1) is 5.75 Å². The van der Waals surface area contributed by atoms with E-state index in [9.17, 15) is 8.42 Å². The van der Waals surface area contributed by atoms with Crippen LogP contribution in [-0.2, 0) is 16.7 Å². The molecule has 0 radical (unpaired) electrons. The van der Waals surface area contributed by atoms with E-state index in [-0.39, 0.29) is 5.75 Å². The van der Waals surface area contributed by atoms with Crippen LogP contribution in [0.15, 0.2) is 72.8 Å². The number of hydrogen-bond donors (Lipinski definition) is 1. The van der Waals surface area contributed by atoms with Crippen LogP contribution in [0.3, 0.4) is 0 Å². The van der Waals surface area contributed by atoms with Gasteiger partial charge in [-0.2, -0.15) is 13.0 Å². The van der Waals surface area contributed by atoms with E-state index in [0.29, 0.717) is 13.0 Å². The van der Waals surface area contributed by atoms with E-state index < -0.39 is 10.1 Å². The van der Waals surface area contributed by atoms with Crippen LogP contribution >= 0.6 is 11.3 Å². The van der Waals surface area contributed by atoms with E-state index in [0.717, 1.165) is 31.9 Å². The summed E-state index contributed by atoms with van der Waals surface area (Å²) in [5, 5.41) is 1.11. The summed E-state index contributed by atoms with van der Waals surface area (Å²) in [5.74, 6) is -0.232. The van der Waals surface area contributed by atoms with Crippen LogP contribution in [0, 0.1) is 6.92 Å². The summed E-state index contributed by atoms with van der Waals surface area (Å²) in [6, 6.07) is 25.1. The molecule has 0 aliphatic carbocycles. The molecule has 0 aliphatic rings. The van der Waals surface area contributed by atoms with E-state index in [1.807, 2.05) is 43.3 Å². The van der Waals surface area contributed by atoms with Crippen molar-refractivity contribution in [2.75, 3.05) is 5.75 Å². The molecule has 0 saturated heterocycles. The quantitative estimate of drug-likeness (QED) is 0.346. The van der Waals surface area contributed by atoms with Crippen molar-refractivity contribution < 1.29 is 17.5 Å². The van der Waals surface area contributed by atoms with Crippen LogP contribution in [0.2, 0.25) is 0 Å². The van der Waals surface area contributed by atoms with Crippen LogP contribution in [-0.4, -0.2) is 18.7 Å². The minimum Gasteiger partial charge on any atom is -0.286 e. The summed E-state index contributed by atoms with van der Waals surface area (Å²) in [6.07, 6.45) is 0.372. The topological polar surface area (TPSA) is 58.2 Å². The van der Waals surface area contributed by atoms with Gasteiger partial charge in [-0.05, 0) is 28.3 Å². The van der Waals surface area contributed by atoms with Gasteiger partial charge in [0.15, 0.2) is 6.54 Å². The number of rotatable bonds is 6. The number of aromatic nitrogens is 1. The van der Waals surface area contributed by atoms with Crippen LogP contribution in [0.1, 0.15) is 11.4 Å². The lowest BCUT2D eigenvalue weighted by Gasteiger charge is -2.10. The first kappa shape index (κ1) is 19.8. The van der Waals surface area contributed by atoms with E-state index in [2.05, 4.69) is 41.0 Å². The Bertz CT molecular complexity index is 1250. The predicted molar refractivity (Wildman–Crippen MR) is 119 cm³/mol. The zero-order chi connectivity index (χ0) is 20.4. The summed E-state index contributed by atoms with van der Waals surface area (Å²) in [7, 11) is -3.95. The van der Waals surface area contributed by atoms with Gasteiger partial charge in [-0.25, -0.2) is 0 Å². The lowest BCUT2D eigenvalue weighted by atomic mass is 9.94. The fourth-order valence-corrected chi connectivity index (χ4v) is 5.20. The van der Waals surface area contributed by atoms with Crippen LogP contribution in [0.4, 0.5) is 0 Å². The number of thiazole rings is 1. The minimum absolute atomic E-state index is 0.232. The Balaban J connectivity index is 1.86. The Hall–Kier alpha value is -2.54. The maximum absolute atomic E-state index is 11.1. The van der Waals surface area contributed by atoms with Crippen molar-refractivity contribution >= 4 is 31.7 Å². The van der Waals surface area contributed by atoms with Gasteiger partial charge in [-0.1, -0.05) is 72.0 Å². The van der Waals surface area contributed by atoms with Crippen LogP contribution in [0.5, 0.6) is 0 Å². The highest BCUT2D eigenvalue weighted by Crippen LogP contribution is 2.36. The van der Waals surface area contributed by atoms with Gasteiger partial charge in [-0.15, -0.1) is 0 Å². The second kappa shape index (κ2) is 8.06. The fraction of sp³-hybridized carbons (Fsp3) is 0.174. The van der Waals surface area contributed by atoms with Crippen molar-refractivity contribution in [2.24, 2.45) is 0 Å². The number of nitrogens with zero attached hydrogens (tertiary/aromatic N) is 1. The van der Waals surface area contributed by atoms with Crippen molar-refractivity contribution in [3.05, 3.63) is 77.8 Å². The highest BCUT2D eigenvalue weighted by atomic mass is 32.2. The summed E-state index contributed by atoms with van der Waals surface area (Å²) < 4.78 is 34.6. The lowest BCUT2D eigenvalue weighted by Crippen LogP contribution is -2.35. The molecule has 0 unspecified atom stereocenters. The van der Waals surface area contributed by atoms with E-state index in [4.69, 9.17) is 4.55 Å². The molecule has 1 aromatic heterocycles. The summed E-state index contributed by atoms with van der Waals surface area (Å²) in [5.41, 5.74) is 5.71. The third kappa shape index (κ3) is 4.40. The maximum Gasteiger partial charge on any atom is 0.265 e. The predicted octanol–water partition coefficient (Wildman–Crippen LogP) is 5.11.